The van der Waals surface area contributed by atoms with Crippen molar-refractivity contribution in [3.63, 3.8) is 0 Å². The number of halogens is 1. The third-order valence-electron chi connectivity index (χ3n) is 3.08. The van der Waals surface area contributed by atoms with Gasteiger partial charge in [0.05, 0.1) is 11.3 Å². The largest absolute Gasteiger partial charge is 0.369 e. The van der Waals surface area contributed by atoms with Gasteiger partial charge in [-0.05, 0) is 36.1 Å². The normalized spacial score (nSPS) is 10.1. The van der Waals surface area contributed by atoms with E-state index in [-0.39, 0.29) is 0 Å². The van der Waals surface area contributed by atoms with Crippen molar-refractivity contribution >= 4 is 33.4 Å². The Morgan fingerprint density at radius 3 is 2.50 bits per heavy atom. The van der Waals surface area contributed by atoms with Crippen LogP contribution in [0.1, 0.15) is 11.1 Å². The van der Waals surface area contributed by atoms with Crippen LogP contribution in [0.4, 0.5) is 5.69 Å². The maximum Gasteiger partial charge on any atom is 0.103 e. The van der Waals surface area contributed by atoms with Gasteiger partial charge in [-0.3, -0.25) is 0 Å². The Bertz CT molecular complexity index is 632. The highest BCUT2D eigenvalue weighted by Crippen LogP contribution is 2.29. The quantitative estimate of drug-likeness (QED) is 0.752. The molecule has 2 aromatic rings. The van der Waals surface area contributed by atoms with Crippen LogP contribution in [-0.4, -0.2) is 13.3 Å². The number of hydrogen-bond acceptors (Lipinski definition) is 3. The minimum Gasteiger partial charge on any atom is -0.369 e. The van der Waals surface area contributed by atoms with E-state index in [2.05, 4.69) is 39.0 Å². The lowest BCUT2D eigenvalue weighted by molar-refractivity contribution is 0.917. The molecule has 20 heavy (non-hydrogen) atoms. The topological polar surface area (TPSA) is 27.0 Å². The van der Waals surface area contributed by atoms with E-state index < -0.39 is 0 Å². The molecule has 0 amide bonds. The van der Waals surface area contributed by atoms with Crippen LogP contribution < -0.4 is 4.90 Å². The SMILES string of the molecule is CSc1cccc(N(C)Cc2ccc(Br)cc2)c1C#N. The molecular formula is C16H15BrN2S. The van der Waals surface area contributed by atoms with E-state index in [0.717, 1.165) is 27.2 Å². The van der Waals surface area contributed by atoms with Gasteiger partial charge in [0.25, 0.3) is 0 Å². The van der Waals surface area contributed by atoms with Crippen molar-refractivity contribution in [2.45, 2.75) is 11.4 Å². The molecule has 2 aromatic carbocycles. The van der Waals surface area contributed by atoms with Crippen LogP contribution in [0.25, 0.3) is 0 Å². The molecule has 0 N–H and O–H groups in total. The summed E-state index contributed by atoms with van der Waals surface area (Å²) in [7, 11) is 2.02. The number of rotatable bonds is 4. The molecule has 0 atom stereocenters. The molecule has 2 rings (SSSR count). The average Bonchev–Trinajstić information content (AvgIpc) is 2.48. The van der Waals surface area contributed by atoms with Crippen molar-refractivity contribution in [3.8, 4) is 6.07 Å². The summed E-state index contributed by atoms with van der Waals surface area (Å²) in [6.07, 6.45) is 1.99. The van der Waals surface area contributed by atoms with Crippen molar-refractivity contribution < 1.29 is 0 Å². The van der Waals surface area contributed by atoms with Crippen molar-refractivity contribution in [1.82, 2.24) is 0 Å². The summed E-state index contributed by atoms with van der Waals surface area (Å²) in [5.41, 5.74) is 2.94. The van der Waals surface area contributed by atoms with Gasteiger partial charge >= 0.3 is 0 Å². The summed E-state index contributed by atoms with van der Waals surface area (Å²) in [4.78, 5) is 3.13. The number of anilines is 1. The van der Waals surface area contributed by atoms with E-state index in [1.807, 2.05) is 43.6 Å². The van der Waals surface area contributed by atoms with Gasteiger partial charge in [-0.2, -0.15) is 5.26 Å². The molecule has 0 radical (unpaired) electrons. The molecule has 0 aliphatic heterocycles. The highest BCUT2D eigenvalue weighted by Gasteiger charge is 2.11. The summed E-state index contributed by atoms with van der Waals surface area (Å²) in [5.74, 6) is 0. The second-order valence-corrected chi connectivity index (χ2v) is 6.21. The summed E-state index contributed by atoms with van der Waals surface area (Å²) in [5, 5.41) is 9.39. The van der Waals surface area contributed by atoms with Crippen LogP contribution in [0.2, 0.25) is 0 Å². The molecule has 0 saturated carbocycles. The lowest BCUT2D eigenvalue weighted by atomic mass is 10.1. The van der Waals surface area contributed by atoms with Gasteiger partial charge in [-0.1, -0.05) is 34.1 Å². The molecule has 0 heterocycles. The molecule has 2 nitrogen and oxygen atoms in total. The van der Waals surface area contributed by atoms with Crippen LogP contribution in [0.15, 0.2) is 51.8 Å². The van der Waals surface area contributed by atoms with E-state index in [4.69, 9.17) is 0 Å². The van der Waals surface area contributed by atoms with Crippen LogP contribution >= 0.6 is 27.7 Å². The standard InChI is InChI=1S/C16H15BrN2S/c1-19(11-12-6-8-13(17)9-7-12)15-4-3-5-16(20-2)14(15)10-18/h3-9H,11H2,1-2H3. The molecule has 4 heteroatoms. The molecular weight excluding hydrogens is 332 g/mol. The monoisotopic (exact) mass is 346 g/mol. The predicted molar refractivity (Wildman–Crippen MR) is 89.2 cm³/mol. The summed E-state index contributed by atoms with van der Waals surface area (Å²) in [6.45, 7) is 0.778. The van der Waals surface area contributed by atoms with Crippen LogP contribution in [-0.2, 0) is 6.54 Å². The summed E-state index contributed by atoms with van der Waals surface area (Å²) < 4.78 is 1.07. The molecule has 0 unspecified atom stereocenters. The third kappa shape index (κ3) is 3.36. The van der Waals surface area contributed by atoms with Crippen LogP contribution in [0.5, 0.6) is 0 Å². The van der Waals surface area contributed by atoms with E-state index in [9.17, 15) is 5.26 Å². The first kappa shape index (κ1) is 15.0. The molecule has 0 aliphatic carbocycles. The smallest absolute Gasteiger partial charge is 0.103 e. The first-order chi connectivity index (χ1) is 9.65. The predicted octanol–water partition coefficient (Wildman–Crippen LogP) is 4.68. The molecule has 0 spiro atoms. The zero-order valence-corrected chi connectivity index (χ0v) is 13.8. The Hall–Kier alpha value is -1.44. The van der Waals surface area contributed by atoms with E-state index in [1.54, 1.807) is 11.8 Å². The Morgan fingerprint density at radius 2 is 1.90 bits per heavy atom. The lowest BCUT2D eigenvalue weighted by Gasteiger charge is -2.21. The minimum absolute atomic E-state index is 0.750. The molecule has 0 aliphatic rings. The van der Waals surface area contributed by atoms with E-state index >= 15 is 0 Å². The second kappa shape index (κ2) is 6.83. The number of hydrogen-bond donors (Lipinski definition) is 0. The molecule has 0 fully saturated rings. The van der Waals surface area contributed by atoms with Crippen molar-refractivity contribution in [1.29, 1.82) is 5.26 Å². The van der Waals surface area contributed by atoms with Gasteiger partial charge in [0.15, 0.2) is 0 Å². The zero-order valence-electron chi connectivity index (χ0n) is 11.4. The highest BCUT2D eigenvalue weighted by atomic mass is 79.9. The third-order valence-corrected chi connectivity index (χ3v) is 4.39. The number of nitriles is 1. The Labute approximate surface area is 132 Å². The van der Waals surface area contributed by atoms with Gasteiger partial charge in [0, 0.05) is 23.0 Å². The fourth-order valence-corrected chi connectivity index (χ4v) is 2.90. The highest BCUT2D eigenvalue weighted by molar-refractivity contribution is 9.10. The summed E-state index contributed by atoms with van der Waals surface area (Å²) in [6, 6.07) is 16.5. The molecule has 0 bridgehead atoms. The number of benzene rings is 2. The van der Waals surface area contributed by atoms with Crippen molar-refractivity contribution in [2.24, 2.45) is 0 Å². The van der Waals surface area contributed by atoms with Gasteiger partial charge in [-0.15, -0.1) is 11.8 Å². The fourth-order valence-electron chi connectivity index (χ4n) is 2.07. The minimum atomic E-state index is 0.750. The fraction of sp³-hybridized carbons (Fsp3) is 0.188. The summed E-state index contributed by atoms with van der Waals surface area (Å²) >= 11 is 5.04. The van der Waals surface area contributed by atoms with Gasteiger partial charge in [0.1, 0.15) is 6.07 Å². The molecule has 0 aromatic heterocycles. The Kier molecular flexibility index (Phi) is 5.11. The average molecular weight is 347 g/mol. The zero-order chi connectivity index (χ0) is 14.5. The van der Waals surface area contributed by atoms with Gasteiger partial charge in [0.2, 0.25) is 0 Å². The first-order valence-corrected chi connectivity index (χ1v) is 8.20. The van der Waals surface area contributed by atoms with Crippen LogP contribution in [0.3, 0.4) is 0 Å². The maximum absolute atomic E-state index is 9.39. The molecule has 102 valence electrons. The lowest BCUT2D eigenvalue weighted by Crippen LogP contribution is -2.17. The van der Waals surface area contributed by atoms with E-state index in [0.29, 0.717) is 0 Å². The van der Waals surface area contributed by atoms with Crippen molar-refractivity contribution in [2.75, 3.05) is 18.2 Å². The number of thioether (sulfide) groups is 1. The Balaban J connectivity index is 2.27. The van der Waals surface area contributed by atoms with Crippen LogP contribution in [0, 0.1) is 11.3 Å². The number of nitrogens with zero attached hydrogens (tertiary/aromatic N) is 2. The second-order valence-electron chi connectivity index (χ2n) is 4.45. The Morgan fingerprint density at radius 1 is 1.20 bits per heavy atom. The van der Waals surface area contributed by atoms with Gasteiger partial charge < -0.3 is 4.90 Å². The molecule has 0 saturated heterocycles. The maximum atomic E-state index is 9.39. The van der Waals surface area contributed by atoms with Crippen molar-refractivity contribution in [3.05, 3.63) is 58.1 Å². The first-order valence-electron chi connectivity index (χ1n) is 6.18. The van der Waals surface area contributed by atoms with Gasteiger partial charge in [-0.25, -0.2) is 0 Å². The van der Waals surface area contributed by atoms with E-state index in [1.165, 1.54) is 5.56 Å².